The molecule has 0 aliphatic carbocycles. The Morgan fingerprint density at radius 3 is 2.95 bits per heavy atom. The highest BCUT2D eigenvalue weighted by Gasteiger charge is 2.29. The largest absolute Gasteiger partial charge is 0.492 e. The molecule has 2 rings (SSSR count). The molecule has 1 atom stereocenters. The summed E-state index contributed by atoms with van der Waals surface area (Å²) in [6.45, 7) is 5.15. The fourth-order valence-electron chi connectivity index (χ4n) is 2.58. The van der Waals surface area contributed by atoms with E-state index in [1.54, 1.807) is 7.05 Å². The molecule has 1 aliphatic heterocycles. The highest BCUT2D eigenvalue weighted by molar-refractivity contribution is 6.32. The molecule has 0 bridgehead atoms. The Balaban J connectivity index is 2.14. The van der Waals surface area contributed by atoms with Crippen molar-refractivity contribution in [2.75, 3.05) is 20.2 Å². The Kier molecular flexibility index (Phi) is 5.12. The van der Waals surface area contributed by atoms with Crippen molar-refractivity contribution < 1.29 is 9.53 Å². The van der Waals surface area contributed by atoms with Crippen LogP contribution in [0.15, 0.2) is 18.2 Å². The average Bonchev–Trinajstić information content (AvgIpc) is 2.67. The average molecular weight is 311 g/mol. The number of hydrogen-bond acceptors (Lipinski definition) is 3. The lowest BCUT2D eigenvalue weighted by atomic mass is 9.91. The number of hydrogen-bond donors (Lipinski definition) is 2. The van der Waals surface area contributed by atoms with Gasteiger partial charge in [-0.2, -0.15) is 0 Å². The molecule has 0 spiro atoms. The Bertz CT molecular complexity index is 517. The molecule has 5 heteroatoms. The summed E-state index contributed by atoms with van der Waals surface area (Å²) in [5.41, 5.74) is 0.619. The normalized spacial score (nSPS) is 18.4. The Morgan fingerprint density at radius 1 is 1.48 bits per heavy atom. The van der Waals surface area contributed by atoms with Crippen LogP contribution < -0.4 is 15.4 Å². The number of fused-ring (bicyclic) bond motifs is 1. The molecule has 1 aromatic rings. The molecule has 1 amide bonds. The summed E-state index contributed by atoms with van der Waals surface area (Å²) in [7, 11) is 1.67. The molecular formula is C16H23ClN2O2. The number of carbonyl (C=O) groups excluding carboxylic acids is 1. The van der Waals surface area contributed by atoms with E-state index in [0.29, 0.717) is 18.2 Å². The predicted octanol–water partition coefficient (Wildman–Crippen LogP) is 2.92. The molecule has 0 unspecified atom stereocenters. The summed E-state index contributed by atoms with van der Waals surface area (Å²) in [6.07, 6.45) is 1.93. The number of benzene rings is 1. The Hall–Kier alpha value is -1.26. The second-order valence-electron chi connectivity index (χ2n) is 6.05. The third-order valence-corrected chi connectivity index (χ3v) is 4.19. The van der Waals surface area contributed by atoms with Gasteiger partial charge < -0.3 is 15.4 Å². The molecule has 0 saturated heterocycles. The maximum absolute atomic E-state index is 11.9. The summed E-state index contributed by atoms with van der Waals surface area (Å²) in [4.78, 5) is 11.9. The van der Waals surface area contributed by atoms with Gasteiger partial charge in [0, 0.05) is 25.2 Å². The van der Waals surface area contributed by atoms with E-state index in [-0.39, 0.29) is 11.9 Å². The van der Waals surface area contributed by atoms with Gasteiger partial charge >= 0.3 is 0 Å². The lowest BCUT2D eigenvalue weighted by Crippen LogP contribution is -2.43. The van der Waals surface area contributed by atoms with E-state index in [2.05, 4.69) is 10.6 Å². The van der Waals surface area contributed by atoms with Crippen LogP contribution in [0.5, 0.6) is 5.75 Å². The van der Waals surface area contributed by atoms with Gasteiger partial charge in [0.1, 0.15) is 5.75 Å². The molecule has 4 nitrogen and oxygen atoms in total. The Labute approximate surface area is 131 Å². The van der Waals surface area contributed by atoms with Gasteiger partial charge in [-0.05, 0) is 32.8 Å². The first-order valence-corrected chi connectivity index (χ1v) is 7.70. The first-order chi connectivity index (χ1) is 9.95. The molecule has 0 aromatic heterocycles. The van der Waals surface area contributed by atoms with Crippen molar-refractivity contribution in [1.29, 1.82) is 0 Å². The lowest BCUT2D eigenvalue weighted by Gasteiger charge is -2.27. The number of halogens is 1. The molecule has 21 heavy (non-hydrogen) atoms. The van der Waals surface area contributed by atoms with E-state index < -0.39 is 5.41 Å². The van der Waals surface area contributed by atoms with Crippen LogP contribution in [-0.2, 0) is 4.79 Å². The summed E-state index contributed by atoms with van der Waals surface area (Å²) >= 11 is 6.23. The van der Waals surface area contributed by atoms with Gasteiger partial charge in [0.2, 0.25) is 5.91 Å². The highest BCUT2D eigenvalue weighted by Crippen LogP contribution is 2.37. The van der Waals surface area contributed by atoms with E-state index in [9.17, 15) is 4.79 Å². The standard InChI is InChI=1S/C16H23ClN2O2/c1-16(2,15(20)18-3)10-19-13-8-5-9-21-14-11(13)6-4-7-12(14)17/h4,6-7,13,19H,5,8-10H2,1-3H3,(H,18,20)/t13-/m1/s1. The quantitative estimate of drug-likeness (QED) is 0.899. The van der Waals surface area contributed by atoms with Gasteiger partial charge in [-0.25, -0.2) is 0 Å². The number of carbonyl (C=O) groups is 1. The molecule has 2 N–H and O–H groups in total. The fourth-order valence-corrected chi connectivity index (χ4v) is 2.81. The highest BCUT2D eigenvalue weighted by atomic mass is 35.5. The van der Waals surface area contributed by atoms with Crippen molar-refractivity contribution >= 4 is 17.5 Å². The van der Waals surface area contributed by atoms with E-state index in [1.807, 2.05) is 32.0 Å². The van der Waals surface area contributed by atoms with Crippen LogP contribution in [0.4, 0.5) is 0 Å². The van der Waals surface area contributed by atoms with Gasteiger partial charge in [-0.15, -0.1) is 0 Å². The van der Waals surface area contributed by atoms with Crippen molar-refractivity contribution in [3.8, 4) is 5.75 Å². The van der Waals surface area contributed by atoms with Crippen LogP contribution in [-0.4, -0.2) is 26.1 Å². The molecule has 1 aliphatic rings. The zero-order valence-electron chi connectivity index (χ0n) is 12.8. The molecule has 0 fully saturated rings. The van der Waals surface area contributed by atoms with Crippen molar-refractivity contribution in [2.45, 2.75) is 32.7 Å². The molecule has 0 saturated carbocycles. The van der Waals surface area contributed by atoms with Gasteiger partial charge in [-0.1, -0.05) is 23.7 Å². The maximum Gasteiger partial charge on any atom is 0.226 e. The summed E-state index contributed by atoms with van der Waals surface area (Å²) in [5.74, 6) is 0.804. The van der Waals surface area contributed by atoms with E-state index in [1.165, 1.54) is 0 Å². The fraction of sp³-hybridized carbons (Fsp3) is 0.562. The van der Waals surface area contributed by atoms with Gasteiger partial charge in [0.15, 0.2) is 0 Å². The topological polar surface area (TPSA) is 50.4 Å². The third-order valence-electron chi connectivity index (χ3n) is 3.89. The second kappa shape index (κ2) is 6.67. The third kappa shape index (κ3) is 3.69. The summed E-state index contributed by atoms with van der Waals surface area (Å²) in [5, 5.41) is 6.86. The van der Waals surface area contributed by atoms with Crippen molar-refractivity contribution in [3.05, 3.63) is 28.8 Å². The summed E-state index contributed by atoms with van der Waals surface area (Å²) in [6, 6.07) is 5.98. The minimum absolute atomic E-state index is 0.0335. The van der Waals surface area contributed by atoms with Gasteiger partial charge in [0.05, 0.1) is 17.0 Å². The van der Waals surface area contributed by atoms with E-state index >= 15 is 0 Å². The summed E-state index contributed by atoms with van der Waals surface area (Å²) < 4.78 is 5.76. The molecule has 1 aromatic carbocycles. The SMILES string of the molecule is CNC(=O)C(C)(C)CN[C@@H]1CCCOc2c(Cl)cccc21. The smallest absolute Gasteiger partial charge is 0.226 e. The first-order valence-electron chi connectivity index (χ1n) is 7.32. The zero-order valence-corrected chi connectivity index (χ0v) is 13.6. The van der Waals surface area contributed by atoms with Crippen LogP contribution in [0.25, 0.3) is 0 Å². The van der Waals surface area contributed by atoms with Crippen molar-refractivity contribution in [1.82, 2.24) is 10.6 Å². The minimum Gasteiger partial charge on any atom is -0.492 e. The number of ether oxygens (including phenoxy) is 1. The monoisotopic (exact) mass is 310 g/mol. The van der Waals surface area contributed by atoms with Gasteiger partial charge in [-0.3, -0.25) is 4.79 Å². The number of rotatable bonds is 4. The molecule has 1 heterocycles. The number of para-hydroxylation sites is 1. The number of nitrogens with one attached hydrogen (secondary N) is 2. The van der Waals surface area contributed by atoms with Crippen molar-refractivity contribution in [2.24, 2.45) is 5.41 Å². The van der Waals surface area contributed by atoms with Crippen LogP contribution in [0.3, 0.4) is 0 Å². The first kappa shape index (κ1) is 16.1. The maximum atomic E-state index is 11.9. The van der Waals surface area contributed by atoms with Crippen LogP contribution in [0.1, 0.15) is 38.3 Å². The predicted molar refractivity (Wildman–Crippen MR) is 84.8 cm³/mol. The molecule has 0 radical (unpaired) electrons. The van der Waals surface area contributed by atoms with Gasteiger partial charge in [0.25, 0.3) is 0 Å². The van der Waals surface area contributed by atoms with Crippen molar-refractivity contribution in [3.63, 3.8) is 0 Å². The van der Waals surface area contributed by atoms with E-state index in [0.717, 1.165) is 24.2 Å². The van der Waals surface area contributed by atoms with Crippen LogP contribution in [0, 0.1) is 5.41 Å². The molecule has 116 valence electrons. The van der Waals surface area contributed by atoms with Crippen LogP contribution >= 0.6 is 11.6 Å². The minimum atomic E-state index is -0.458. The second-order valence-corrected chi connectivity index (χ2v) is 6.45. The lowest BCUT2D eigenvalue weighted by molar-refractivity contribution is -0.128. The zero-order chi connectivity index (χ0) is 15.5. The van der Waals surface area contributed by atoms with Crippen LogP contribution in [0.2, 0.25) is 5.02 Å². The number of amides is 1. The molecular weight excluding hydrogens is 288 g/mol. The van der Waals surface area contributed by atoms with E-state index in [4.69, 9.17) is 16.3 Å². The Morgan fingerprint density at radius 2 is 2.24 bits per heavy atom.